The Morgan fingerprint density at radius 1 is 1.22 bits per heavy atom. The highest BCUT2D eigenvalue weighted by molar-refractivity contribution is 5.49. The molecule has 1 aromatic rings. The number of ether oxygens (including phenoxy) is 2. The summed E-state index contributed by atoms with van der Waals surface area (Å²) >= 11 is 0. The van der Waals surface area contributed by atoms with E-state index in [1.165, 1.54) is 6.42 Å². The summed E-state index contributed by atoms with van der Waals surface area (Å²) in [4.78, 5) is 4.30. The fourth-order valence-corrected chi connectivity index (χ4v) is 1.61. The molecule has 1 N–H and O–H groups in total. The van der Waals surface area contributed by atoms with Crippen LogP contribution in [0.5, 0.6) is 5.75 Å². The number of unbranched alkanes of at least 4 members (excludes halogenated alkanes) is 2. The molecule has 0 radical (unpaired) electrons. The topological polar surface area (TPSA) is 43.4 Å². The van der Waals surface area contributed by atoms with Crippen molar-refractivity contribution in [3.63, 3.8) is 0 Å². The van der Waals surface area contributed by atoms with Crippen molar-refractivity contribution in [2.24, 2.45) is 0 Å². The van der Waals surface area contributed by atoms with E-state index in [1.807, 2.05) is 12.1 Å². The minimum atomic E-state index is 0.730. The highest BCUT2D eigenvalue weighted by Crippen LogP contribution is 2.20. The predicted molar refractivity (Wildman–Crippen MR) is 74.2 cm³/mol. The van der Waals surface area contributed by atoms with Gasteiger partial charge in [-0.2, -0.15) is 0 Å². The Labute approximate surface area is 110 Å². The maximum atomic E-state index is 5.64. The van der Waals surface area contributed by atoms with Gasteiger partial charge in [0, 0.05) is 26.5 Å². The first kappa shape index (κ1) is 14.8. The zero-order valence-corrected chi connectivity index (χ0v) is 11.4. The van der Waals surface area contributed by atoms with E-state index < -0.39 is 0 Å². The van der Waals surface area contributed by atoms with Gasteiger partial charge >= 0.3 is 0 Å². The smallest absolute Gasteiger partial charge is 0.168 e. The lowest BCUT2D eigenvalue weighted by atomic mass is 10.2. The van der Waals surface area contributed by atoms with Crippen LogP contribution in [0.25, 0.3) is 0 Å². The molecule has 4 heteroatoms. The molecule has 0 bridgehead atoms. The zero-order chi connectivity index (χ0) is 13.1. The minimum Gasteiger partial charge on any atom is -0.490 e. The van der Waals surface area contributed by atoms with Crippen LogP contribution < -0.4 is 10.1 Å². The summed E-state index contributed by atoms with van der Waals surface area (Å²) in [5, 5.41) is 3.32. The van der Waals surface area contributed by atoms with Crippen LogP contribution >= 0.6 is 0 Å². The molecular weight excluding hydrogens is 228 g/mol. The second kappa shape index (κ2) is 9.71. The van der Waals surface area contributed by atoms with Crippen LogP contribution in [0.15, 0.2) is 18.3 Å². The third kappa shape index (κ3) is 5.87. The van der Waals surface area contributed by atoms with E-state index in [9.17, 15) is 0 Å². The molecule has 1 rings (SSSR count). The lowest BCUT2D eigenvalue weighted by Crippen LogP contribution is -2.06. The van der Waals surface area contributed by atoms with Crippen molar-refractivity contribution in [3.8, 4) is 5.75 Å². The molecule has 0 unspecified atom stereocenters. The van der Waals surface area contributed by atoms with Crippen LogP contribution in [0.2, 0.25) is 0 Å². The molecule has 0 saturated heterocycles. The Kier molecular flexibility index (Phi) is 7.97. The van der Waals surface area contributed by atoms with E-state index in [2.05, 4.69) is 17.2 Å². The molecule has 0 atom stereocenters. The quantitative estimate of drug-likeness (QED) is 0.650. The van der Waals surface area contributed by atoms with E-state index in [1.54, 1.807) is 13.3 Å². The average molecular weight is 252 g/mol. The number of hydrogen-bond donors (Lipinski definition) is 1. The van der Waals surface area contributed by atoms with Gasteiger partial charge in [0.1, 0.15) is 0 Å². The van der Waals surface area contributed by atoms with Gasteiger partial charge in [0.25, 0.3) is 0 Å². The first-order chi connectivity index (χ1) is 8.88. The van der Waals surface area contributed by atoms with Crippen LogP contribution in [0, 0.1) is 0 Å². The van der Waals surface area contributed by atoms with Gasteiger partial charge in [0.05, 0.1) is 6.61 Å². The summed E-state index contributed by atoms with van der Waals surface area (Å²) in [6, 6.07) is 3.85. The Morgan fingerprint density at radius 3 is 2.89 bits per heavy atom. The summed E-state index contributed by atoms with van der Waals surface area (Å²) in [7, 11) is 1.74. The molecule has 0 amide bonds. The van der Waals surface area contributed by atoms with Gasteiger partial charge in [0.2, 0.25) is 0 Å². The average Bonchev–Trinajstić information content (AvgIpc) is 2.41. The van der Waals surface area contributed by atoms with Crippen molar-refractivity contribution in [1.29, 1.82) is 0 Å². The summed E-state index contributed by atoms with van der Waals surface area (Å²) in [5.41, 5.74) is 0. The van der Waals surface area contributed by atoms with Crippen molar-refractivity contribution < 1.29 is 9.47 Å². The first-order valence-electron chi connectivity index (χ1n) is 6.69. The van der Waals surface area contributed by atoms with E-state index >= 15 is 0 Å². The molecule has 1 heterocycles. The Morgan fingerprint density at radius 2 is 2.11 bits per heavy atom. The fourth-order valence-electron chi connectivity index (χ4n) is 1.61. The number of pyridine rings is 1. The predicted octanol–water partition coefficient (Wildman–Crippen LogP) is 3.10. The van der Waals surface area contributed by atoms with Crippen LogP contribution in [0.1, 0.15) is 32.6 Å². The maximum absolute atomic E-state index is 5.64. The molecule has 1 aromatic heterocycles. The van der Waals surface area contributed by atoms with Crippen molar-refractivity contribution in [2.45, 2.75) is 32.6 Å². The van der Waals surface area contributed by atoms with E-state index in [0.717, 1.165) is 50.6 Å². The number of hydrogen-bond acceptors (Lipinski definition) is 4. The van der Waals surface area contributed by atoms with E-state index in [0.29, 0.717) is 0 Å². The largest absolute Gasteiger partial charge is 0.490 e. The summed E-state index contributed by atoms with van der Waals surface area (Å²) < 4.78 is 10.7. The van der Waals surface area contributed by atoms with E-state index in [4.69, 9.17) is 9.47 Å². The Bertz CT molecular complexity index is 318. The second-order valence-corrected chi connectivity index (χ2v) is 4.18. The molecule has 4 nitrogen and oxygen atoms in total. The van der Waals surface area contributed by atoms with Crippen molar-refractivity contribution in [2.75, 3.05) is 32.2 Å². The zero-order valence-electron chi connectivity index (χ0n) is 11.4. The molecular formula is C14H24N2O2. The molecule has 0 aliphatic rings. The normalized spacial score (nSPS) is 10.3. The standard InChI is InChI=1S/C14H24N2O2/c1-3-11-18-13-8-7-10-16-14(13)15-9-5-4-6-12-17-2/h7-8,10H,3-6,9,11-12H2,1-2H3,(H,15,16). The Hall–Kier alpha value is -1.29. The summed E-state index contributed by atoms with van der Waals surface area (Å²) in [5.74, 6) is 1.69. The van der Waals surface area contributed by atoms with Gasteiger partial charge in [-0.3, -0.25) is 0 Å². The number of rotatable bonds is 10. The molecule has 0 spiro atoms. The lowest BCUT2D eigenvalue weighted by Gasteiger charge is -2.11. The minimum absolute atomic E-state index is 0.730. The van der Waals surface area contributed by atoms with Gasteiger partial charge < -0.3 is 14.8 Å². The van der Waals surface area contributed by atoms with Crippen molar-refractivity contribution in [3.05, 3.63) is 18.3 Å². The van der Waals surface area contributed by atoms with Gasteiger partial charge in [-0.25, -0.2) is 4.98 Å². The summed E-state index contributed by atoms with van der Waals surface area (Å²) in [6.45, 7) is 4.59. The number of nitrogens with one attached hydrogen (secondary N) is 1. The summed E-state index contributed by atoms with van der Waals surface area (Å²) in [6.07, 6.45) is 6.18. The highest BCUT2D eigenvalue weighted by Gasteiger charge is 2.02. The Balaban J connectivity index is 2.27. The number of aromatic nitrogens is 1. The van der Waals surface area contributed by atoms with Crippen LogP contribution in [-0.4, -0.2) is 31.9 Å². The fraction of sp³-hybridized carbons (Fsp3) is 0.643. The number of anilines is 1. The van der Waals surface area contributed by atoms with Crippen LogP contribution in [0.4, 0.5) is 5.82 Å². The highest BCUT2D eigenvalue weighted by atomic mass is 16.5. The van der Waals surface area contributed by atoms with Gasteiger partial charge in [0.15, 0.2) is 11.6 Å². The van der Waals surface area contributed by atoms with E-state index in [-0.39, 0.29) is 0 Å². The molecule has 0 aliphatic heterocycles. The van der Waals surface area contributed by atoms with Gasteiger partial charge in [-0.15, -0.1) is 0 Å². The monoisotopic (exact) mass is 252 g/mol. The maximum Gasteiger partial charge on any atom is 0.168 e. The second-order valence-electron chi connectivity index (χ2n) is 4.18. The lowest BCUT2D eigenvalue weighted by molar-refractivity contribution is 0.192. The molecule has 0 fully saturated rings. The molecule has 0 aliphatic carbocycles. The number of nitrogens with zero attached hydrogens (tertiary/aromatic N) is 1. The molecule has 18 heavy (non-hydrogen) atoms. The molecule has 102 valence electrons. The van der Waals surface area contributed by atoms with Crippen LogP contribution in [0.3, 0.4) is 0 Å². The van der Waals surface area contributed by atoms with Gasteiger partial charge in [-0.1, -0.05) is 6.92 Å². The third-order valence-corrected chi connectivity index (χ3v) is 2.55. The van der Waals surface area contributed by atoms with Crippen molar-refractivity contribution >= 4 is 5.82 Å². The van der Waals surface area contributed by atoms with Crippen LogP contribution in [-0.2, 0) is 4.74 Å². The van der Waals surface area contributed by atoms with Crippen molar-refractivity contribution in [1.82, 2.24) is 4.98 Å². The van der Waals surface area contributed by atoms with Gasteiger partial charge in [-0.05, 0) is 37.8 Å². The number of methoxy groups -OCH3 is 1. The SMILES string of the molecule is CCCOc1cccnc1NCCCCCOC. The first-order valence-corrected chi connectivity index (χ1v) is 6.69. The molecule has 0 aromatic carbocycles. The third-order valence-electron chi connectivity index (χ3n) is 2.55. The molecule has 0 saturated carbocycles.